The Hall–Kier alpha value is -2.64. The molecule has 2 amide bonds. The third-order valence-electron chi connectivity index (χ3n) is 5.62. The maximum absolute atomic E-state index is 12.9. The van der Waals surface area contributed by atoms with E-state index < -0.39 is 0 Å². The second kappa shape index (κ2) is 10.3. The second-order valence-electron chi connectivity index (χ2n) is 7.88. The minimum absolute atomic E-state index is 0.0270. The van der Waals surface area contributed by atoms with Crippen LogP contribution in [0.1, 0.15) is 44.5 Å². The molecule has 5 nitrogen and oxygen atoms in total. The van der Waals surface area contributed by atoms with Crippen molar-refractivity contribution in [3.8, 4) is 0 Å². The van der Waals surface area contributed by atoms with Crippen molar-refractivity contribution < 1.29 is 9.59 Å². The summed E-state index contributed by atoms with van der Waals surface area (Å²) in [5.41, 5.74) is 4.85. The normalized spacial score (nSPS) is 13.9. The van der Waals surface area contributed by atoms with Gasteiger partial charge in [0.15, 0.2) is 0 Å². The molecule has 2 heterocycles. The number of carbonyl (C=O) groups is 2. The number of piperazine rings is 1. The van der Waals surface area contributed by atoms with Crippen LogP contribution in [0.25, 0.3) is 0 Å². The van der Waals surface area contributed by atoms with Gasteiger partial charge in [-0.1, -0.05) is 43.0 Å². The number of carbonyl (C=O) groups excluding carboxylic acids is 2. The lowest BCUT2D eigenvalue weighted by molar-refractivity contribution is 0.0535. The predicted molar refractivity (Wildman–Crippen MR) is 130 cm³/mol. The highest BCUT2D eigenvalue weighted by Crippen LogP contribution is 2.26. The molecule has 1 aliphatic heterocycles. The number of hydrogen-bond acceptors (Lipinski definition) is 5. The number of nitrogens with zero attached hydrogens (tertiary/aromatic N) is 3. The summed E-state index contributed by atoms with van der Waals surface area (Å²) in [6.07, 6.45) is 0.959. The average Bonchev–Trinajstić information content (AvgIpc) is 3.27. The molecular formula is C25H27N3O2S2. The summed E-state index contributed by atoms with van der Waals surface area (Å²) in [6, 6.07) is 15.6. The summed E-state index contributed by atoms with van der Waals surface area (Å²) in [4.78, 5) is 33.8. The van der Waals surface area contributed by atoms with E-state index in [9.17, 15) is 9.59 Å². The number of rotatable bonds is 6. The van der Waals surface area contributed by atoms with E-state index >= 15 is 0 Å². The number of amides is 2. The first-order valence-electron chi connectivity index (χ1n) is 10.8. The molecule has 1 aromatic heterocycles. The maximum atomic E-state index is 12.9. The zero-order valence-corrected chi connectivity index (χ0v) is 20.0. The minimum Gasteiger partial charge on any atom is -0.335 e. The van der Waals surface area contributed by atoms with Crippen molar-refractivity contribution in [2.45, 2.75) is 30.4 Å². The lowest BCUT2D eigenvalue weighted by Gasteiger charge is -2.35. The number of aryl methyl sites for hydroxylation is 2. The average molecular weight is 466 g/mol. The van der Waals surface area contributed by atoms with Crippen LogP contribution in [0.3, 0.4) is 0 Å². The van der Waals surface area contributed by atoms with Crippen LogP contribution in [0.15, 0.2) is 58.3 Å². The molecule has 166 valence electrons. The lowest BCUT2D eigenvalue weighted by atomic mass is 10.1. The van der Waals surface area contributed by atoms with Crippen LogP contribution in [0.4, 0.5) is 0 Å². The van der Waals surface area contributed by atoms with Gasteiger partial charge < -0.3 is 9.80 Å². The SMILES string of the molecule is CCc1ccc(C(=O)N2CCN(C(=O)c3ccc(CSc4nc(C)cs4)cc3)CC2)cc1. The Balaban J connectivity index is 1.29. The predicted octanol–water partition coefficient (Wildman–Crippen LogP) is 4.90. The Kier molecular flexibility index (Phi) is 7.27. The van der Waals surface area contributed by atoms with Gasteiger partial charge in [-0.3, -0.25) is 9.59 Å². The fourth-order valence-corrected chi connectivity index (χ4v) is 5.45. The van der Waals surface area contributed by atoms with Gasteiger partial charge >= 0.3 is 0 Å². The van der Waals surface area contributed by atoms with E-state index in [2.05, 4.69) is 17.3 Å². The van der Waals surface area contributed by atoms with Gasteiger partial charge in [-0.15, -0.1) is 11.3 Å². The van der Waals surface area contributed by atoms with E-state index in [0.29, 0.717) is 37.3 Å². The molecule has 0 bridgehead atoms. The third kappa shape index (κ3) is 5.40. The first-order valence-corrected chi connectivity index (χ1v) is 12.7. The van der Waals surface area contributed by atoms with E-state index in [0.717, 1.165) is 22.2 Å². The van der Waals surface area contributed by atoms with Crippen LogP contribution in [-0.2, 0) is 12.2 Å². The summed E-state index contributed by atoms with van der Waals surface area (Å²) in [5, 5.41) is 2.06. The molecule has 3 aromatic rings. The van der Waals surface area contributed by atoms with Crippen LogP contribution in [0, 0.1) is 6.92 Å². The van der Waals surface area contributed by atoms with Gasteiger partial charge in [0, 0.05) is 54.1 Å². The highest BCUT2D eigenvalue weighted by molar-refractivity contribution is 8.00. The first kappa shape index (κ1) is 22.6. The summed E-state index contributed by atoms with van der Waals surface area (Å²) in [7, 11) is 0. The summed E-state index contributed by atoms with van der Waals surface area (Å²) < 4.78 is 1.07. The molecule has 0 spiro atoms. The molecule has 4 rings (SSSR count). The van der Waals surface area contributed by atoms with E-state index in [1.54, 1.807) is 23.1 Å². The summed E-state index contributed by atoms with van der Waals surface area (Å²) in [6.45, 7) is 6.32. The molecule has 0 unspecified atom stereocenters. The van der Waals surface area contributed by atoms with Crippen LogP contribution in [-0.4, -0.2) is 52.8 Å². The molecule has 1 aliphatic rings. The maximum Gasteiger partial charge on any atom is 0.253 e. The zero-order valence-electron chi connectivity index (χ0n) is 18.4. The monoisotopic (exact) mass is 465 g/mol. The number of aromatic nitrogens is 1. The highest BCUT2D eigenvalue weighted by Gasteiger charge is 2.25. The lowest BCUT2D eigenvalue weighted by Crippen LogP contribution is -2.50. The minimum atomic E-state index is 0.0270. The second-order valence-corrected chi connectivity index (χ2v) is 9.96. The van der Waals surface area contributed by atoms with E-state index in [1.165, 1.54) is 11.1 Å². The number of hydrogen-bond donors (Lipinski definition) is 0. The molecule has 2 aromatic carbocycles. The van der Waals surface area contributed by atoms with Crippen molar-refractivity contribution >= 4 is 34.9 Å². The van der Waals surface area contributed by atoms with Crippen molar-refractivity contribution in [1.82, 2.24) is 14.8 Å². The molecule has 0 N–H and O–H groups in total. The first-order chi connectivity index (χ1) is 15.5. The summed E-state index contributed by atoms with van der Waals surface area (Å²) >= 11 is 3.38. The van der Waals surface area contributed by atoms with E-state index in [-0.39, 0.29) is 11.8 Å². The number of benzene rings is 2. The van der Waals surface area contributed by atoms with Crippen molar-refractivity contribution in [1.29, 1.82) is 0 Å². The molecule has 0 radical (unpaired) electrons. The van der Waals surface area contributed by atoms with Gasteiger partial charge in [0.2, 0.25) is 0 Å². The third-order valence-corrected chi connectivity index (χ3v) is 7.83. The number of thioether (sulfide) groups is 1. The van der Waals surface area contributed by atoms with Crippen molar-refractivity contribution in [3.63, 3.8) is 0 Å². The van der Waals surface area contributed by atoms with Gasteiger partial charge in [-0.25, -0.2) is 4.98 Å². The van der Waals surface area contributed by atoms with Gasteiger partial charge in [-0.2, -0.15) is 0 Å². The Morgan fingerprint density at radius 3 is 1.81 bits per heavy atom. The topological polar surface area (TPSA) is 53.5 Å². The van der Waals surface area contributed by atoms with Gasteiger partial charge in [0.1, 0.15) is 4.34 Å². The standard InChI is InChI=1S/C25H27N3O2S2/c1-3-19-4-8-21(9-5-19)23(29)27-12-14-28(15-13-27)24(30)22-10-6-20(7-11-22)17-32-25-26-18(2)16-31-25/h4-11,16H,3,12-15,17H2,1-2H3. The molecule has 0 atom stereocenters. The highest BCUT2D eigenvalue weighted by atomic mass is 32.2. The smallest absolute Gasteiger partial charge is 0.253 e. The summed E-state index contributed by atoms with van der Waals surface area (Å²) in [5.74, 6) is 0.901. The Morgan fingerprint density at radius 1 is 0.875 bits per heavy atom. The van der Waals surface area contributed by atoms with Crippen LogP contribution < -0.4 is 0 Å². The van der Waals surface area contributed by atoms with E-state index in [1.807, 2.05) is 65.3 Å². The quantitative estimate of drug-likeness (QED) is 0.486. The van der Waals surface area contributed by atoms with Crippen molar-refractivity contribution in [2.24, 2.45) is 0 Å². The van der Waals surface area contributed by atoms with Crippen LogP contribution in [0.2, 0.25) is 0 Å². The molecular weight excluding hydrogens is 438 g/mol. The van der Waals surface area contributed by atoms with Crippen LogP contribution >= 0.6 is 23.1 Å². The Bertz CT molecular complexity index is 1070. The van der Waals surface area contributed by atoms with Gasteiger partial charge in [-0.05, 0) is 48.7 Å². The van der Waals surface area contributed by atoms with Crippen molar-refractivity contribution in [2.75, 3.05) is 26.2 Å². The molecule has 32 heavy (non-hydrogen) atoms. The fourth-order valence-electron chi connectivity index (χ4n) is 3.65. The number of thiazole rings is 1. The zero-order chi connectivity index (χ0) is 22.5. The molecule has 0 aliphatic carbocycles. The van der Waals surface area contributed by atoms with Crippen molar-refractivity contribution in [3.05, 3.63) is 81.9 Å². The molecule has 0 saturated carbocycles. The largest absolute Gasteiger partial charge is 0.335 e. The van der Waals surface area contributed by atoms with Crippen LogP contribution in [0.5, 0.6) is 0 Å². The molecule has 1 fully saturated rings. The van der Waals surface area contributed by atoms with Gasteiger partial charge in [0.25, 0.3) is 11.8 Å². The van der Waals surface area contributed by atoms with Gasteiger partial charge in [0.05, 0.1) is 0 Å². The van der Waals surface area contributed by atoms with E-state index in [4.69, 9.17) is 0 Å². The fraction of sp³-hybridized carbons (Fsp3) is 0.320. The Labute approximate surface area is 197 Å². The molecule has 7 heteroatoms. The Morgan fingerprint density at radius 2 is 1.38 bits per heavy atom. The molecule has 1 saturated heterocycles.